The van der Waals surface area contributed by atoms with Gasteiger partial charge in [0.15, 0.2) is 0 Å². The summed E-state index contributed by atoms with van der Waals surface area (Å²) in [6.45, 7) is -0.148. The van der Waals surface area contributed by atoms with Crippen molar-refractivity contribution >= 4 is 17.8 Å². The molecule has 116 valence electrons. The highest BCUT2D eigenvalue weighted by molar-refractivity contribution is 6.03. The van der Waals surface area contributed by atoms with Crippen LogP contribution in [0.25, 0.3) is 0 Å². The molecule has 1 N–H and O–H groups in total. The van der Waals surface area contributed by atoms with Crippen LogP contribution < -0.4 is 5.32 Å². The predicted octanol–water partition coefficient (Wildman–Crippen LogP) is 0.469. The number of fused-ring (bicyclic) bond motifs is 1. The van der Waals surface area contributed by atoms with Crippen molar-refractivity contribution in [2.45, 2.75) is 25.3 Å². The molecule has 1 aromatic rings. The maximum atomic E-state index is 12.4. The number of hydrogen-bond acceptors (Lipinski definition) is 4. The van der Waals surface area contributed by atoms with Crippen LogP contribution in [0.1, 0.15) is 30.1 Å². The zero-order valence-electron chi connectivity index (χ0n) is 12.4. The highest BCUT2D eigenvalue weighted by Gasteiger charge is 2.32. The molecule has 3 rings (SSSR count). The van der Waals surface area contributed by atoms with E-state index in [2.05, 4.69) is 10.3 Å². The number of likely N-dealkylation sites (N-methyl/N-ethyl adjacent to an activating group) is 1. The highest BCUT2D eigenvalue weighted by atomic mass is 16.2. The SMILES string of the molecule is CN(C(=O)CN1CC(=O)NC1=O)C1CCCc2cccnc21. The molecule has 1 aliphatic carbocycles. The van der Waals surface area contributed by atoms with Crippen LogP contribution in [0.5, 0.6) is 0 Å². The van der Waals surface area contributed by atoms with Gasteiger partial charge in [-0.2, -0.15) is 0 Å². The quantitative estimate of drug-likeness (QED) is 0.823. The summed E-state index contributed by atoms with van der Waals surface area (Å²) in [5.41, 5.74) is 2.11. The van der Waals surface area contributed by atoms with Crippen LogP contribution in [0.3, 0.4) is 0 Å². The lowest BCUT2D eigenvalue weighted by molar-refractivity contribution is -0.133. The molecule has 0 saturated carbocycles. The number of aromatic nitrogens is 1. The van der Waals surface area contributed by atoms with Crippen molar-refractivity contribution in [3.63, 3.8) is 0 Å². The van der Waals surface area contributed by atoms with Crippen LogP contribution in [-0.4, -0.2) is 52.8 Å². The van der Waals surface area contributed by atoms with Crippen molar-refractivity contribution < 1.29 is 14.4 Å². The molecular weight excluding hydrogens is 284 g/mol. The first-order valence-corrected chi connectivity index (χ1v) is 7.34. The number of imide groups is 1. The molecule has 2 aliphatic rings. The summed E-state index contributed by atoms with van der Waals surface area (Å²) in [6, 6.07) is 3.37. The number of carbonyl (C=O) groups is 3. The van der Waals surface area contributed by atoms with E-state index in [1.165, 1.54) is 10.5 Å². The first kappa shape index (κ1) is 14.5. The van der Waals surface area contributed by atoms with Crippen molar-refractivity contribution in [1.29, 1.82) is 0 Å². The second-order valence-corrected chi connectivity index (χ2v) is 5.67. The molecule has 1 atom stereocenters. The molecule has 0 bridgehead atoms. The highest BCUT2D eigenvalue weighted by Crippen LogP contribution is 2.31. The van der Waals surface area contributed by atoms with Gasteiger partial charge in [0.1, 0.15) is 13.1 Å². The van der Waals surface area contributed by atoms with Gasteiger partial charge in [-0.05, 0) is 30.9 Å². The van der Waals surface area contributed by atoms with Crippen LogP contribution in [0.2, 0.25) is 0 Å². The Balaban J connectivity index is 1.72. The van der Waals surface area contributed by atoms with Gasteiger partial charge in [0.2, 0.25) is 11.8 Å². The van der Waals surface area contributed by atoms with Gasteiger partial charge < -0.3 is 9.80 Å². The maximum absolute atomic E-state index is 12.4. The molecule has 0 aromatic carbocycles. The molecule has 1 aliphatic heterocycles. The topological polar surface area (TPSA) is 82.6 Å². The van der Waals surface area contributed by atoms with E-state index in [0.717, 1.165) is 25.0 Å². The fraction of sp³-hybridized carbons (Fsp3) is 0.467. The maximum Gasteiger partial charge on any atom is 0.325 e. The molecule has 1 unspecified atom stereocenters. The molecule has 7 heteroatoms. The third kappa shape index (κ3) is 2.66. The molecule has 1 aromatic heterocycles. The molecule has 2 heterocycles. The second kappa shape index (κ2) is 5.75. The van der Waals surface area contributed by atoms with Crippen molar-refractivity contribution in [2.75, 3.05) is 20.1 Å². The van der Waals surface area contributed by atoms with E-state index < -0.39 is 6.03 Å². The summed E-state index contributed by atoms with van der Waals surface area (Å²) < 4.78 is 0. The van der Waals surface area contributed by atoms with Crippen LogP contribution in [-0.2, 0) is 16.0 Å². The minimum Gasteiger partial charge on any atom is -0.336 e. The largest absolute Gasteiger partial charge is 0.336 e. The number of aryl methyl sites for hydroxylation is 1. The number of hydrogen-bond donors (Lipinski definition) is 1. The Morgan fingerprint density at radius 2 is 2.32 bits per heavy atom. The summed E-state index contributed by atoms with van der Waals surface area (Å²) in [4.78, 5) is 42.4. The Hall–Kier alpha value is -2.44. The number of rotatable bonds is 3. The lowest BCUT2D eigenvalue weighted by Gasteiger charge is -2.33. The molecule has 22 heavy (non-hydrogen) atoms. The summed E-state index contributed by atoms with van der Waals surface area (Å²) in [7, 11) is 1.73. The number of nitrogens with one attached hydrogen (secondary N) is 1. The first-order valence-electron chi connectivity index (χ1n) is 7.34. The van der Waals surface area contributed by atoms with Gasteiger partial charge in [-0.15, -0.1) is 0 Å². The van der Waals surface area contributed by atoms with Gasteiger partial charge in [0, 0.05) is 13.2 Å². The monoisotopic (exact) mass is 302 g/mol. The molecule has 1 fully saturated rings. The van der Waals surface area contributed by atoms with Gasteiger partial charge in [-0.25, -0.2) is 4.79 Å². The van der Waals surface area contributed by atoms with E-state index in [9.17, 15) is 14.4 Å². The Bertz CT molecular complexity index is 631. The smallest absolute Gasteiger partial charge is 0.325 e. The second-order valence-electron chi connectivity index (χ2n) is 5.67. The number of carbonyl (C=O) groups excluding carboxylic acids is 3. The summed E-state index contributed by atoms with van der Waals surface area (Å²) >= 11 is 0. The summed E-state index contributed by atoms with van der Waals surface area (Å²) in [5, 5.41) is 2.17. The zero-order chi connectivity index (χ0) is 15.7. The predicted molar refractivity (Wildman–Crippen MR) is 77.8 cm³/mol. The molecule has 4 amide bonds. The molecule has 1 saturated heterocycles. The number of pyridine rings is 1. The van der Waals surface area contributed by atoms with E-state index in [1.807, 2.05) is 12.1 Å². The summed E-state index contributed by atoms with van der Waals surface area (Å²) in [6.07, 6.45) is 4.58. The van der Waals surface area contributed by atoms with E-state index in [0.29, 0.717) is 0 Å². The third-order valence-electron chi connectivity index (χ3n) is 4.22. The van der Waals surface area contributed by atoms with Crippen LogP contribution >= 0.6 is 0 Å². The first-order chi connectivity index (χ1) is 10.6. The van der Waals surface area contributed by atoms with Gasteiger partial charge in [-0.3, -0.25) is 19.9 Å². The molecule has 0 spiro atoms. The summed E-state index contributed by atoms with van der Waals surface area (Å²) in [5.74, 6) is -0.557. The van der Waals surface area contributed by atoms with E-state index in [-0.39, 0.29) is 30.9 Å². The normalized spacial score (nSPS) is 20.6. The third-order valence-corrected chi connectivity index (χ3v) is 4.22. The average molecular weight is 302 g/mol. The molecule has 0 radical (unpaired) electrons. The average Bonchev–Trinajstić information content (AvgIpc) is 2.83. The number of nitrogens with zero attached hydrogens (tertiary/aromatic N) is 3. The number of amides is 4. The van der Waals surface area contributed by atoms with Gasteiger partial charge in [0.05, 0.1) is 11.7 Å². The number of urea groups is 1. The Morgan fingerprint density at radius 1 is 1.50 bits per heavy atom. The van der Waals surface area contributed by atoms with Crippen LogP contribution in [0.15, 0.2) is 18.3 Å². The minimum absolute atomic E-state index is 0.0576. The molecular formula is C15H18N4O3. The van der Waals surface area contributed by atoms with E-state index in [4.69, 9.17) is 0 Å². The van der Waals surface area contributed by atoms with E-state index >= 15 is 0 Å². The molecule has 7 nitrogen and oxygen atoms in total. The zero-order valence-corrected chi connectivity index (χ0v) is 12.4. The lowest BCUT2D eigenvalue weighted by Crippen LogP contribution is -2.42. The Kier molecular flexibility index (Phi) is 3.79. The van der Waals surface area contributed by atoms with Crippen molar-refractivity contribution in [3.8, 4) is 0 Å². The van der Waals surface area contributed by atoms with Crippen molar-refractivity contribution in [3.05, 3.63) is 29.6 Å². The van der Waals surface area contributed by atoms with Crippen molar-refractivity contribution in [1.82, 2.24) is 20.1 Å². The van der Waals surface area contributed by atoms with Gasteiger partial charge in [-0.1, -0.05) is 6.07 Å². The fourth-order valence-electron chi connectivity index (χ4n) is 3.02. The fourth-order valence-corrected chi connectivity index (χ4v) is 3.02. The minimum atomic E-state index is -0.506. The van der Waals surface area contributed by atoms with Gasteiger partial charge >= 0.3 is 6.03 Å². The van der Waals surface area contributed by atoms with Crippen LogP contribution in [0, 0.1) is 0 Å². The van der Waals surface area contributed by atoms with Gasteiger partial charge in [0.25, 0.3) is 0 Å². The Morgan fingerprint density at radius 3 is 3.05 bits per heavy atom. The Labute approximate surface area is 128 Å². The van der Waals surface area contributed by atoms with Crippen LogP contribution in [0.4, 0.5) is 4.79 Å². The van der Waals surface area contributed by atoms with Crippen molar-refractivity contribution in [2.24, 2.45) is 0 Å². The van der Waals surface area contributed by atoms with E-state index in [1.54, 1.807) is 18.1 Å². The standard InChI is InChI=1S/C15H18N4O3/c1-18(13(21)9-19-8-12(20)17-15(19)22)11-6-2-4-10-5-3-7-16-14(10)11/h3,5,7,11H,2,4,6,8-9H2,1H3,(H,17,20,22). The lowest BCUT2D eigenvalue weighted by atomic mass is 9.91.